The highest BCUT2D eigenvalue weighted by Crippen LogP contribution is 2.20. The van der Waals surface area contributed by atoms with E-state index in [1.807, 2.05) is 0 Å². The van der Waals surface area contributed by atoms with E-state index in [2.05, 4.69) is 5.32 Å². The van der Waals surface area contributed by atoms with E-state index >= 15 is 0 Å². The van der Waals surface area contributed by atoms with Gasteiger partial charge in [0, 0.05) is 12.3 Å². The number of hydrogen-bond donors (Lipinski definition) is 2. The molecule has 96 valence electrons. The van der Waals surface area contributed by atoms with Crippen LogP contribution < -0.4 is 5.32 Å². The number of nitrogens with one attached hydrogen (secondary N) is 1. The van der Waals surface area contributed by atoms with Crippen LogP contribution in [-0.2, 0) is 4.79 Å². The molecule has 2 aliphatic rings. The van der Waals surface area contributed by atoms with Crippen molar-refractivity contribution in [1.82, 2.24) is 10.2 Å². The van der Waals surface area contributed by atoms with Gasteiger partial charge >= 0.3 is 0 Å². The number of rotatable bonds is 2. The average molecular weight is 258 g/mol. The van der Waals surface area contributed by atoms with Gasteiger partial charge in [0.1, 0.15) is 6.04 Å². The molecule has 2 heterocycles. The average Bonchev–Trinajstić information content (AvgIpc) is 2.64. The largest absolute Gasteiger partial charge is 0.394 e. The van der Waals surface area contributed by atoms with E-state index in [0.717, 1.165) is 37.4 Å². The molecule has 2 saturated heterocycles. The van der Waals surface area contributed by atoms with Crippen LogP contribution in [0.1, 0.15) is 25.7 Å². The number of aliphatic hydroxyl groups is 1. The number of likely N-dealkylation sites (tertiary alicyclic amines) is 1. The predicted octanol–water partition coefficient (Wildman–Crippen LogP) is 0.575. The molecule has 2 N–H and O–H groups in total. The van der Waals surface area contributed by atoms with Crippen molar-refractivity contribution in [2.75, 3.05) is 18.9 Å². The van der Waals surface area contributed by atoms with Crippen molar-refractivity contribution in [3.63, 3.8) is 0 Å². The fourth-order valence-electron chi connectivity index (χ4n) is 2.38. The Labute approximate surface area is 105 Å². The third kappa shape index (κ3) is 2.93. The molecule has 0 aromatic rings. The summed E-state index contributed by atoms with van der Waals surface area (Å²) in [4.78, 5) is 25.1. The van der Waals surface area contributed by atoms with Crippen LogP contribution in [0.3, 0.4) is 0 Å². The van der Waals surface area contributed by atoms with Gasteiger partial charge in [0.15, 0.2) is 0 Å². The van der Waals surface area contributed by atoms with E-state index in [-0.39, 0.29) is 23.8 Å². The summed E-state index contributed by atoms with van der Waals surface area (Å²) in [5.41, 5.74) is 0. The van der Waals surface area contributed by atoms with Gasteiger partial charge in [-0.1, -0.05) is 24.6 Å². The van der Waals surface area contributed by atoms with Crippen molar-refractivity contribution in [2.24, 2.45) is 0 Å². The minimum absolute atomic E-state index is 0.0134. The van der Waals surface area contributed by atoms with E-state index in [0.29, 0.717) is 12.3 Å². The second-order valence-electron chi connectivity index (χ2n) is 4.51. The number of amides is 2. The number of hydrogen-bond acceptors (Lipinski definition) is 4. The Morgan fingerprint density at radius 3 is 2.94 bits per heavy atom. The molecule has 5 nitrogen and oxygen atoms in total. The summed E-state index contributed by atoms with van der Waals surface area (Å²) >= 11 is 1.15. The standard InChI is InChI=1S/C11H18N2O3S/c14-6-8-4-2-1-3-5-13(8)10(15)9-7-17-11(16)12-9/h8-9,14H,1-7H2,(H,12,16). The SMILES string of the molecule is O=C1NC(C(=O)N2CCCCCC2CO)CS1. The Hall–Kier alpha value is -0.750. The maximum atomic E-state index is 12.3. The van der Waals surface area contributed by atoms with Gasteiger partial charge in [-0.05, 0) is 12.8 Å². The Morgan fingerprint density at radius 2 is 2.29 bits per heavy atom. The van der Waals surface area contributed by atoms with Gasteiger partial charge in [0.05, 0.1) is 12.6 Å². The van der Waals surface area contributed by atoms with Crippen LogP contribution >= 0.6 is 11.8 Å². The molecule has 2 fully saturated rings. The van der Waals surface area contributed by atoms with Crippen molar-refractivity contribution in [3.05, 3.63) is 0 Å². The van der Waals surface area contributed by atoms with Gasteiger partial charge in [-0.2, -0.15) is 0 Å². The topological polar surface area (TPSA) is 69.6 Å². The Balaban J connectivity index is 2.02. The monoisotopic (exact) mass is 258 g/mol. The third-order valence-electron chi connectivity index (χ3n) is 3.34. The van der Waals surface area contributed by atoms with Crippen molar-refractivity contribution in [1.29, 1.82) is 0 Å². The molecular formula is C11H18N2O3S. The normalized spacial score (nSPS) is 29.9. The zero-order valence-electron chi connectivity index (χ0n) is 9.72. The van der Waals surface area contributed by atoms with Crippen LogP contribution in [-0.4, -0.2) is 52.1 Å². The molecule has 2 rings (SSSR count). The van der Waals surface area contributed by atoms with E-state index in [4.69, 9.17) is 0 Å². The molecular weight excluding hydrogens is 240 g/mol. The van der Waals surface area contributed by atoms with E-state index in [1.54, 1.807) is 4.90 Å². The van der Waals surface area contributed by atoms with Crippen LogP contribution in [0.5, 0.6) is 0 Å². The highest BCUT2D eigenvalue weighted by Gasteiger charge is 2.34. The van der Waals surface area contributed by atoms with Gasteiger partial charge in [-0.3, -0.25) is 9.59 Å². The summed E-state index contributed by atoms with van der Waals surface area (Å²) in [6.07, 6.45) is 4.00. The fraction of sp³-hybridized carbons (Fsp3) is 0.818. The lowest BCUT2D eigenvalue weighted by molar-refractivity contribution is -0.135. The molecule has 0 aromatic carbocycles. The van der Waals surface area contributed by atoms with Crippen molar-refractivity contribution in [2.45, 2.75) is 37.8 Å². The molecule has 0 aromatic heterocycles. The van der Waals surface area contributed by atoms with E-state index in [1.165, 1.54) is 0 Å². The first-order valence-corrected chi connectivity index (χ1v) is 7.05. The van der Waals surface area contributed by atoms with Crippen LogP contribution in [0.4, 0.5) is 4.79 Å². The number of nitrogens with zero attached hydrogens (tertiary/aromatic N) is 1. The molecule has 6 heteroatoms. The Bertz CT molecular complexity index is 311. The number of thioether (sulfide) groups is 1. The van der Waals surface area contributed by atoms with Gasteiger partial charge in [0.2, 0.25) is 5.91 Å². The lowest BCUT2D eigenvalue weighted by Crippen LogP contribution is -2.50. The van der Waals surface area contributed by atoms with Gasteiger partial charge < -0.3 is 15.3 Å². The number of aliphatic hydroxyl groups excluding tert-OH is 1. The summed E-state index contributed by atoms with van der Waals surface area (Å²) in [6, 6.07) is -0.479. The second-order valence-corrected chi connectivity index (χ2v) is 5.51. The molecule has 0 aliphatic carbocycles. The smallest absolute Gasteiger partial charge is 0.279 e. The summed E-state index contributed by atoms with van der Waals surface area (Å²) in [5, 5.41) is 11.9. The zero-order valence-corrected chi connectivity index (χ0v) is 10.5. The van der Waals surface area contributed by atoms with Crippen LogP contribution in [0.2, 0.25) is 0 Å². The molecule has 2 aliphatic heterocycles. The molecule has 2 amide bonds. The summed E-state index contributed by atoms with van der Waals surface area (Å²) in [7, 11) is 0. The molecule has 0 radical (unpaired) electrons. The minimum atomic E-state index is -0.403. The van der Waals surface area contributed by atoms with Crippen LogP contribution in [0, 0.1) is 0 Å². The fourth-order valence-corrected chi connectivity index (χ4v) is 3.14. The van der Waals surface area contributed by atoms with Crippen LogP contribution in [0.15, 0.2) is 0 Å². The molecule has 2 atom stereocenters. The summed E-state index contributed by atoms with van der Waals surface area (Å²) in [5.74, 6) is 0.469. The first-order chi connectivity index (χ1) is 8.22. The first-order valence-electron chi connectivity index (χ1n) is 6.07. The number of carbonyl (C=O) groups is 2. The maximum absolute atomic E-state index is 12.3. The second kappa shape index (κ2) is 5.73. The first kappa shape index (κ1) is 12.7. The number of carbonyl (C=O) groups excluding carboxylic acids is 2. The third-order valence-corrected chi connectivity index (χ3v) is 4.22. The molecule has 0 spiro atoms. The predicted molar refractivity (Wildman–Crippen MR) is 65.8 cm³/mol. The quantitative estimate of drug-likeness (QED) is 0.760. The highest BCUT2D eigenvalue weighted by atomic mass is 32.2. The van der Waals surface area contributed by atoms with Gasteiger partial charge in [0.25, 0.3) is 5.24 Å². The lowest BCUT2D eigenvalue weighted by Gasteiger charge is -2.30. The highest BCUT2D eigenvalue weighted by molar-refractivity contribution is 8.14. The van der Waals surface area contributed by atoms with Gasteiger partial charge in [-0.25, -0.2) is 0 Å². The lowest BCUT2D eigenvalue weighted by atomic mass is 10.1. The molecule has 0 bridgehead atoms. The molecule has 17 heavy (non-hydrogen) atoms. The van der Waals surface area contributed by atoms with Crippen molar-refractivity contribution < 1.29 is 14.7 Å². The molecule has 2 unspecified atom stereocenters. The Morgan fingerprint density at radius 1 is 1.47 bits per heavy atom. The van der Waals surface area contributed by atoms with Crippen LogP contribution in [0.25, 0.3) is 0 Å². The van der Waals surface area contributed by atoms with Gasteiger partial charge in [-0.15, -0.1) is 0 Å². The summed E-state index contributed by atoms with van der Waals surface area (Å²) in [6.45, 7) is 0.709. The minimum Gasteiger partial charge on any atom is -0.394 e. The Kier molecular flexibility index (Phi) is 4.28. The summed E-state index contributed by atoms with van der Waals surface area (Å²) < 4.78 is 0. The maximum Gasteiger partial charge on any atom is 0.279 e. The molecule has 0 saturated carbocycles. The van der Waals surface area contributed by atoms with E-state index in [9.17, 15) is 14.7 Å². The zero-order chi connectivity index (χ0) is 12.3. The van der Waals surface area contributed by atoms with Crippen molar-refractivity contribution in [3.8, 4) is 0 Å². The van der Waals surface area contributed by atoms with Crippen molar-refractivity contribution >= 4 is 22.9 Å². The van der Waals surface area contributed by atoms with E-state index < -0.39 is 6.04 Å².